The SMILES string of the molecule is CCn1nnc2cc(C(=O)O[C@H](C)C(=O)Nc3ccccc3OC)ccc21. The van der Waals surface area contributed by atoms with Crippen molar-refractivity contribution in [3.63, 3.8) is 0 Å². The summed E-state index contributed by atoms with van der Waals surface area (Å²) in [6.45, 7) is 4.15. The van der Waals surface area contributed by atoms with Crippen molar-refractivity contribution in [2.24, 2.45) is 0 Å². The molecule has 140 valence electrons. The van der Waals surface area contributed by atoms with E-state index in [2.05, 4.69) is 15.6 Å². The maximum absolute atomic E-state index is 12.4. The number of carbonyl (C=O) groups excluding carboxylic acids is 2. The van der Waals surface area contributed by atoms with Crippen LogP contribution in [0.3, 0.4) is 0 Å². The van der Waals surface area contributed by atoms with Crippen molar-refractivity contribution in [3.8, 4) is 5.75 Å². The zero-order valence-electron chi connectivity index (χ0n) is 15.3. The normalized spacial score (nSPS) is 11.8. The van der Waals surface area contributed by atoms with Crippen molar-refractivity contribution in [1.82, 2.24) is 15.0 Å². The van der Waals surface area contributed by atoms with E-state index < -0.39 is 18.0 Å². The van der Waals surface area contributed by atoms with Crippen LogP contribution in [-0.4, -0.2) is 40.1 Å². The predicted octanol–water partition coefficient (Wildman–Crippen LogP) is 2.64. The Morgan fingerprint density at radius 2 is 2.00 bits per heavy atom. The Morgan fingerprint density at radius 1 is 1.22 bits per heavy atom. The fourth-order valence-electron chi connectivity index (χ4n) is 2.60. The number of anilines is 1. The van der Waals surface area contributed by atoms with Crippen LogP contribution in [0.5, 0.6) is 5.75 Å². The summed E-state index contributed by atoms with van der Waals surface area (Å²) in [5.74, 6) is -0.537. The van der Waals surface area contributed by atoms with E-state index in [9.17, 15) is 9.59 Å². The van der Waals surface area contributed by atoms with Gasteiger partial charge in [-0.15, -0.1) is 5.10 Å². The molecule has 3 aromatic rings. The number of benzene rings is 2. The van der Waals surface area contributed by atoms with Crippen LogP contribution in [0.15, 0.2) is 42.5 Å². The van der Waals surface area contributed by atoms with Crippen LogP contribution in [0.1, 0.15) is 24.2 Å². The van der Waals surface area contributed by atoms with Gasteiger partial charge in [0.1, 0.15) is 11.3 Å². The third-order valence-corrected chi connectivity index (χ3v) is 4.07. The number of ether oxygens (including phenoxy) is 2. The zero-order chi connectivity index (χ0) is 19.4. The second-order valence-corrected chi connectivity index (χ2v) is 5.85. The predicted molar refractivity (Wildman–Crippen MR) is 99.7 cm³/mol. The molecule has 0 aliphatic rings. The van der Waals surface area contributed by atoms with Crippen molar-refractivity contribution in [2.45, 2.75) is 26.5 Å². The van der Waals surface area contributed by atoms with E-state index >= 15 is 0 Å². The molecule has 1 aromatic heterocycles. The summed E-state index contributed by atoms with van der Waals surface area (Å²) in [5, 5.41) is 10.7. The third kappa shape index (κ3) is 3.89. The first-order valence-electron chi connectivity index (χ1n) is 8.51. The van der Waals surface area contributed by atoms with Crippen LogP contribution in [-0.2, 0) is 16.1 Å². The molecule has 8 nitrogen and oxygen atoms in total. The lowest BCUT2D eigenvalue weighted by molar-refractivity contribution is -0.123. The Bertz CT molecular complexity index is 983. The molecule has 0 saturated heterocycles. The highest BCUT2D eigenvalue weighted by molar-refractivity contribution is 5.99. The van der Waals surface area contributed by atoms with Gasteiger partial charge in [0.25, 0.3) is 5.91 Å². The molecule has 0 radical (unpaired) electrons. The van der Waals surface area contributed by atoms with Crippen molar-refractivity contribution in [1.29, 1.82) is 0 Å². The average Bonchev–Trinajstić information content (AvgIpc) is 3.10. The fourth-order valence-corrected chi connectivity index (χ4v) is 2.60. The fraction of sp³-hybridized carbons (Fsp3) is 0.263. The number of carbonyl (C=O) groups is 2. The molecule has 3 rings (SSSR count). The zero-order valence-corrected chi connectivity index (χ0v) is 15.3. The first-order valence-corrected chi connectivity index (χ1v) is 8.51. The molecule has 1 amide bonds. The standard InChI is InChI=1S/C19H20N4O4/c1-4-23-16-10-9-13(11-15(16)21-22-23)19(25)27-12(2)18(24)20-14-7-5-6-8-17(14)26-3/h5-12H,4H2,1-3H3,(H,20,24)/t12-/m1/s1. The molecule has 1 N–H and O–H groups in total. The molecule has 0 saturated carbocycles. The summed E-state index contributed by atoms with van der Waals surface area (Å²) in [7, 11) is 1.51. The first kappa shape index (κ1) is 18.4. The molecule has 8 heteroatoms. The van der Waals surface area contributed by atoms with Gasteiger partial charge in [-0.1, -0.05) is 17.3 Å². The number of para-hydroxylation sites is 2. The van der Waals surface area contributed by atoms with Gasteiger partial charge in [0.05, 0.1) is 23.9 Å². The lowest BCUT2D eigenvalue weighted by atomic mass is 10.2. The van der Waals surface area contributed by atoms with Crippen LogP contribution in [0.4, 0.5) is 5.69 Å². The maximum atomic E-state index is 12.4. The van der Waals surface area contributed by atoms with Crippen molar-refractivity contribution in [2.75, 3.05) is 12.4 Å². The van der Waals surface area contributed by atoms with Gasteiger partial charge in [-0.25, -0.2) is 9.48 Å². The molecule has 1 atom stereocenters. The number of methoxy groups -OCH3 is 1. The van der Waals surface area contributed by atoms with Crippen molar-refractivity contribution in [3.05, 3.63) is 48.0 Å². The first-order chi connectivity index (χ1) is 13.0. The van der Waals surface area contributed by atoms with Crippen molar-refractivity contribution < 1.29 is 19.1 Å². The molecule has 0 aliphatic carbocycles. The number of rotatable bonds is 6. The summed E-state index contributed by atoms with van der Waals surface area (Å²) in [4.78, 5) is 24.7. The summed E-state index contributed by atoms with van der Waals surface area (Å²) in [5.41, 5.74) is 2.24. The van der Waals surface area contributed by atoms with Gasteiger partial charge in [-0.3, -0.25) is 4.79 Å². The number of hydrogen-bond acceptors (Lipinski definition) is 6. The molecule has 0 aliphatic heterocycles. The van der Waals surface area contributed by atoms with Gasteiger partial charge in [-0.05, 0) is 44.2 Å². The van der Waals surface area contributed by atoms with E-state index in [0.29, 0.717) is 29.1 Å². The molecule has 0 fully saturated rings. The topological polar surface area (TPSA) is 95.3 Å². The van der Waals surface area contributed by atoms with E-state index in [1.807, 2.05) is 6.92 Å². The molecule has 2 aromatic carbocycles. The van der Waals surface area contributed by atoms with E-state index in [-0.39, 0.29) is 0 Å². The Kier molecular flexibility index (Phi) is 5.35. The molecule has 1 heterocycles. The number of nitrogens with one attached hydrogen (secondary N) is 1. The van der Waals surface area contributed by atoms with Gasteiger partial charge in [-0.2, -0.15) is 0 Å². The molecular weight excluding hydrogens is 348 g/mol. The van der Waals surface area contributed by atoms with Crippen molar-refractivity contribution >= 4 is 28.6 Å². The second-order valence-electron chi connectivity index (χ2n) is 5.85. The monoisotopic (exact) mass is 368 g/mol. The second kappa shape index (κ2) is 7.86. The van der Waals surface area contributed by atoms with Crippen LogP contribution >= 0.6 is 0 Å². The molecule has 0 spiro atoms. The number of fused-ring (bicyclic) bond motifs is 1. The number of nitrogens with zero attached hydrogens (tertiary/aromatic N) is 3. The van der Waals surface area contributed by atoms with E-state index in [0.717, 1.165) is 5.52 Å². The summed E-state index contributed by atoms with van der Waals surface area (Å²) in [6, 6.07) is 12.0. The lowest BCUT2D eigenvalue weighted by Gasteiger charge is -2.15. The molecule has 0 bridgehead atoms. The molecule has 27 heavy (non-hydrogen) atoms. The molecule has 0 unspecified atom stereocenters. The number of aryl methyl sites for hydroxylation is 1. The number of aromatic nitrogens is 3. The van der Waals surface area contributed by atoms with Gasteiger partial charge >= 0.3 is 5.97 Å². The third-order valence-electron chi connectivity index (χ3n) is 4.07. The summed E-state index contributed by atoms with van der Waals surface area (Å²) < 4.78 is 12.2. The maximum Gasteiger partial charge on any atom is 0.338 e. The Labute approximate surface area is 156 Å². The smallest absolute Gasteiger partial charge is 0.338 e. The number of amides is 1. The van der Waals surface area contributed by atoms with Gasteiger partial charge in [0, 0.05) is 6.54 Å². The Balaban J connectivity index is 1.68. The minimum atomic E-state index is -0.982. The Morgan fingerprint density at radius 3 is 2.74 bits per heavy atom. The minimum absolute atomic E-state index is 0.308. The summed E-state index contributed by atoms with van der Waals surface area (Å²) >= 11 is 0. The van der Waals surface area contributed by atoms with Crippen LogP contribution in [0, 0.1) is 0 Å². The van der Waals surface area contributed by atoms with Gasteiger partial charge in [0.15, 0.2) is 6.10 Å². The van der Waals surface area contributed by atoms with Crippen LogP contribution in [0.2, 0.25) is 0 Å². The van der Waals surface area contributed by atoms with Crippen LogP contribution < -0.4 is 10.1 Å². The van der Waals surface area contributed by atoms with Gasteiger partial charge in [0.2, 0.25) is 0 Å². The lowest BCUT2D eigenvalue weighted by Crippen LogP contribution is -2.30. The highest BCUT2D eigenvalue weighted by Gasteiger charge is 2.20. The van der Waals surface area contributed by atoms with E-state index in [1.54, 1.807) is 47.1 Å². The highest BCUT2D eigenvalue weighted by atomic mass is 16.5. The van der Waals surface area contributed by atoms with Gasteiger partial charge < -0.3 is 14.8 Å². The summed E-state index contributed by atoms with van der Waals surface area (Å²) in [6.07, 6.45) is -0.982. The number of esters is 1. The largest absolute Gasteiger partial charge is 0.495 e. The van der Waals surface area contributed by atoms with E-state index in [1.165, 1.54) is 14.0 Å². The molecular formula is C19H20N4O4. The highest BCUT2D eigenvalue weighted by Crippen LogP contribution is 2.23. The van der Waals surface area contributed by atoms with E-state index in [4.69, 9.17) is 9.47 Å². The Hall–Kier alpha value is -3.42. The quantitative estimate of drug-likeness (QED) is 0.672. The number of hydrogen-bond donors (Lipinski definition) is 1. The van der Waals surface area contributed by atoms with Crippen LogP contribution in [0.25, 0.3) is 11.0 Å². The minimum Gasteiger partial charge on any atom is -0.495 e. The average molecular weight is 368 g/mol.